The lowest BCUT2D eigenvalue weighted by atomic mass is 9.51. The Bertz CT molecular complexity index is 499. The molecule has 0 aliphatic heterocycles. The molecule has 0 aliphatic rings. The van der Waals surface area contributed by atoms with Gasteiger partial charge in [0, 0.05) is 18.3 Å². The minimum atomic E-state index is -0.632. The molecule has 26 heavy (non-hydrogen) atoms. The van der Waals surface area contributed by atoms with E-state index in [0.717, 1.165) is 0 Å². The van der Waals surface area contributed by atoms with E-state index in [0.29, 0.717) is 6.42 Å². The Morgan fingerprint density at radius 2 is 1.00 bits per heavy atom. The molecule has 0 amide bonds. The molecule has 0 fully saturated rings. The lowest BCUT2D eigenvalue weighted by Gasteiger charge is -2.56. The molecular formula is C22H42O4. The molecule has 0 aliphatic carbocycles. The van der Waals surface area contributed by atoms with Gasteiger partial charge in [0.15, 0.2) is 0 Å². The Morgan fingerprint density at radius 1 is 0.615 bits per heavy atom. The van der Waals surface area contributed by atoms with Crippen molar-refractivity contribution in [3.8, 4) is 0 Å². The van der Waals surface area contributed by atoms with E-state index in [1.54, 1.807) is 0 Å². The van der Waals surface area contributed by atoms with Crippen molar-refractivity contribution < 1.29 is 19.1 Å². The fraction of sp³-hybridized carbons (Fsp3) is 0.909. The van der Waals surface area contributed by atoms with Crippen LogP contribution in [0.2, 0.25) is 0 Å². The van der Waals surface area contributed by atoms with Gasteiger partial charge in [0.2, 0.25) is 0 Å². The molecule has 4 heteroatoms. The summed E-state index contributed by atoms with van der Waals surface area (Å²) in [5.41, 5.74) is -1.40. The van der Waals surface area contributed by atoms with E-state index in [4.69, 9.17) is 9.47 Å². The van der Waals surface area contributed by atoms with Crippen molar-refractivity contribution in [3.05, 3.63) is 0 Å². The maximum atomic E-state index is 12.4. The Kier molecular flexibility index (Phi) is 7.58. The topological polar surface area (TPSA) is 52.6 Å². The fourth-order valence-corrected chi connectivity index (χ4v) is 2.92. The third-order valence-electron chi connectivity index (χ3n) is 6.49. The second-order valence-electron chi connectivity index (χ2n) is 10.9. The number of hydrogen-bond acceptors (Lipinski definition) is 4. The summed E-state index contributed by atoms with van der Waals surface area (Å²) in [7, 11) is 0. The molecule has 4 nitrogen and oxygen atoms in total. The van der Waals surface area contributed by atoms with Crippen LogP contribution in [-0.2, 0) is 19.1 Å². The SMILES string of the molecule is CC(C)(C)OC(=O)CCCC(=O)OC(C)(C)C(C)(C)C(C)(C)C(C)(C)C. The summed E-state index contributed by atoms with van der Waals surface area (Å²) < 4.78 is 11.1. The third kappa shape index (κ3) is 6.28. The zero-order chi connectivity index (χ0) is 21.2. The Balaban J connectivity index is 4.85. The van der Waals surface area contributed by atoms with Crippen molar-refractivity contribution in [2.75, 3.05) is 0 Å². The molecule has 0 N–H and O–H groups in total. The van der Waals surface area contributed by atoms with Crippen molar-refractivity contribution >= 4 is 11.9 Å². The molecule has 0 radical (unpaired) electrons. The van der Waals surface area contributed by atoms with E-state index >= 15 is 0 Å². The number of carbonyl (C=O) groups excluding carboxylic acids is 2. The molecular weight excluding hydrogens is 328 g/mol. The first-order valence-corrected chi connectivity index (χ1v) is 9.68. The molecule has 0 aromatic rings. The summed E-state index contributed by atoms with van der Waals surface area (Å²) >= 11 is 0. The highest BCUT2D eigenvalue weighted by atomic mass is 16.6. The molecule has 0 bridgehead atoms. The van der Waals surface area contributed by atoms with E-state index in [1.165, 1.54) is 0 Å². The molecule has 0 atom stereocenters. The van der Waals surface area contributed by atoms with E-state index in [9.17, 15) is 9.59 Å². The lowest BCUT2D eigenvalue weighted by Crippen LogP contribution is -2.56. The van der Waals surface area contributed by atoms with Crippen molar-refractivity contribution in [1.29, 1.82) is 0 Å². The first kappa shape index (κ1) is 24.9. The summed E-state index contributed by atoms with van der Waals surface area (Å²) in [5, 5.41) is 0. The zero-order valence-corrected chi connectivity index (χ0v) is 19.3. The van der Waals surface area contributed by atoms with Gasteiger partial charge in [-0.25, -0.2) is 0 Å². The largest absolute Gasteiger partial charge is 0.460 e. The molecule has 0 aromatic heterocycles. The van der Waals surface area contributed by atoms with Crippen LogP contribution in [0.25, 0.3) is 0 Å². The van der Waals surface area contributed by atoms with Gasteiger partial charge in [-0.15, -0.1) is 0 Å². The highest BCUT2D eigenvalue weighted by Crippen LogP contribution is 2.56. The molecule has 0 aromatic carbocycles. The Hall–Kier alpha value is -1.06. The normalized spacial score (nSPS) is 14.2. The smallest absolute Gasteiger partial charge is 0.306 e. The molecule has 0 heterocycles. The van der Waals surface area contributed by atoms with Gasteiger partial charge in [0.25, 0.3) is 0 Å². The van der Waals surface area contributed by atoms with Crippen LogP contribution in [0.3, 0.4) is 0 Å². The molecule has 154 valence electrons. The predicted molar refractivity (Wildman–Crippen MR) is 107 cm³/mol. The molecule has 0 saturated carbocycles. The van der Waals surface area contributed by atoms with Crippen LogP contribution in [-0.4, -0.2) is 23.1 Å². The van der Waals surface area contributed by atoms with Gasteiger partial charge in [-0.1, -0.05) is 48.5 Å². The Morgan fingerprint density at radius 3 is 1.35 bits per heavy atom. The van der Waals surface area contributed by atoms with Crippen LogP contribution in [0.4, 0.5) is 0 Å². The van der Waals surface area contributed by atoms with E-state index in [-0.39, 0.29) is 41.0 Å². The van der Waals surface area contributed by atoms with Crippen LogP contribution in [0.1, 0.15) is 102 Å². The number of hydrogen-bond donors (Lipinski definition) is 0. The summed E-state index contributed by atoms with van der Waals surface area (Å²) in [6.45, 7) is 24.9. The number of rotatable bonds is 7. The first-order valence-electron chi connectivity index (χ1n) is 9.68. The molecule has 0 rings (SSSR count). The minimum absolute atomic E-state index is 0.0525. The van der Waals surface area contributed by atoms with Gasteiger partial charge in [-0.05, 0) is 51.9 Å². The Labute approximate surface area is 161 Å². The maximum Gasteiger partial charge on any atom is 0.306 e. The molecule has 0 spiro atoms. The van der Waals surface area contributed by atoms with Crippen LogP contribution in [0, 0.1) is 16.2 Å². The fourth-order valence-electron chi connectivity index (χ4n) is 2.92. The summed E-state index contributed by atoms with van der Waals surface area (Å²) in [5.74, 6) is -0.546. The highest BCUT2D eigenvalue weighted by Gasteiger charge is 2.54. The lowest BCUT2D eigenvalue weighted by molar-refractivity contribution is -0.190. The van der Waals surface area contributed by atoms with Gasteiger partial charge in [0.1, 0.15) is 11.2 Å². The van der Waals surface area contributed by atoms with Gasteiger partial charge in [-0.3, -0.25) is 9.59 Å². The second-order valence-corrected chi connectivity index (χ2v) is 10.9. The summed E-state index contributed by atoms with van der Waals surface area (Å²) in [4.78, 5) is 24.1. The van der Waals surface area contributed by atoms with Crippen molar-refractivity contribution in [3.63, 3.8) is 0 Å². The average Bonchev–Trinajstić information content (AvgIpc) is 2.33. The van der Waals surface area contributed by atoms with Crippen molar-refractivity contribution in [2.24, 2.45) is 16.2 Å². The van der Waals surface area contributed by atoms with E-state index < -0.39 is 11.2 Å². The van der Waals surface area contributed by atoms with Gasteiger partial charge < -0.3 is 9.47 Å². The predicted octanol–water partition coefficient (Wildman–Crippen LogP) is 5.92. The molecule has 0 saturated heterocycles. The minimum Gasteiger partial charge on any atom is -0.460 e. The van der Waals surface area contributed by atoms with Gasteiger partial charge in [-0.2, -0.15) is 0 Å². The number of esters is 2. The van der Waals surface area contributed by atoms with E-state index in [2.05, 4.69) is 48.5 Å². The van der Waals surface area contributed by atoms with Gasteiger partial charge >= 0.3 is 11.9 Å². The monoisotopic (exact) mass is 370 g/mol. The second kappa shape index (κ2) is 7.90. The maximum absolute atomic E-state index is 12.4. The van der Waals surface area contributed by atoms with Crippen molar-refractivity contribution in [2.45, 2.75) is 114 Å². The molecule has 0 unspecified atom stereocenters. The highest BCUT2D eigenvalue weighted by molar-refractivity contribution is 5.73. The van der Waals surface area contributed by atoms with Crippen LogP contribution < -0.4 is 0 Å². The standard InChI is InChI=1S/C22H42O4/c1-18(2,3)20(7,8)21(9,10)22(11,12)26-17(24)15-13-14-16(23)25-19(4,5)6/h13-15H2,1-12H3. The summed E-state index contributed by atoms with van der Waals surface area (Å²) in [6.07, 6.45) is 0.880. The van der Waals surface area contributed by atoms with Gasteiger partial charge in [0.05, 0.1) is 0 Å². The summed E-state index contributed by atoms with van der Waals surface area (Å²) in [6, 6.07) is 0. The number of ether oxygens (including phenoxy) is 2. The van der Waals surface area contributed by atoms with Crippen LogP contribution in [0.5, 0.6) is 0 Å². The first-order chi connectivity index (χ1) is 11.2. The van der Waals surface area contributed by atoms with Crippen LogP contribution in [0.15, 0.2) is 0 Å². The zero-order valence-electron chi connectivity index (χ0n) is 19.3. The van der Waals surface area contributed by atoms with Crippen molar-refractivity contribution in [1.82, 2.24) is 0 Å². The number of carbonyl (C=O) groups is 2. The third-order valence-corrected chi connectivity index (χ3v) is 6.49. The van der Waals surface area contributed by atoms with Crippen LogP contribution >= 0.6 is 0 Å². The van der Waals surface area contributed by atoms with E-state index in [1.807, 2.05) is 34.6 Å². The average molecular weight is 371 g/mol. The quantitative estimate of drug-likeness (QED) is 0.522.